The fourth-order valence-electron chi connectivity index (χ4n) is 3.02. The topological polar surface area (TPSA) is 20.2 Å². The van der Waals surface area contributed by atoms with E-state index in [1.807, 2.05) is 11.8 Å². The van der Waals surface area contributed by atoms with E-state index in [4.69, 9.17) is 0 Å². The van der Waals surface area contributed by atoms with Crippen LogP contribution in [0.2, 0.25) is 0 Å². The Bertz CT molecular complexity index is 418. The van der Waals surface area contributed by atoms with Crippen molar-refractivity contribution < 1.29 is 5.11 Å². The quantitative estimate of drug-likeness (QED) is 0.876. The van der Waals surface area contributed by atoms with E-state index < -0.39 is 5.60 Å². The van der Waals surface area contributed by atoms with Gasteiger partial charge in [0.05, 0.1) is 5.60 Å². The highest BCUT2D eigenvalue weighted by Gasteiger charge is 2.37. The van der Waals surface area contributed by atoms with Crippen molar-refractivity contribution in [1.82, 2.24) is 0 Å². The second-order valence-corrected chi connectivity index (χ2v) is 7.22. The molecule has 2 rings (SSSR count). The van der Waals surface area contributed by atoms with Crippen molar-refractivity contribution in [2.45, 2.75) is 57.8 Å². The Kier molecular flexibility index (Phi) is 4.08. The van der Waals surface area contributed by atoms with Gasteiger partial charge in [0.25, 0.3) is 0 Å². The predicted octanol–water partition coefficient (Wildman–Crippen LogP) is 3.80. The second-order valence-electron chi connectivity index (χ2n) is 5.77. The van der Waals surface area contributed by atoms with Crippen LogP contribution in [0.3, 0.4) is 0 Å². The molecule has 1 N–H and O–H groups in total. The summed E-state index contributed by atoms with van der Waals surface area (Å²) >= 11 is 1.91. The molecule has 1 heterocycles. The molecule has 18 heavy (non-hydrogen) atoms. The number of aryl methyl sites for hydroxylation is 3. The lowest BCUT2D eigenvalue weighted by molar-refractivity contribution is 0.0295. The van der Waals surface area contributed by atoms with Gasteiger partial charge in [0.1, 0.15) is 0 Å². The van der Waals surface area contributed by atoms with Crippen LogP contribution in [-0.2, 0) is 6.42 Å². The van der Waals surface area contributed by atoms with Gasteiger partial charge in [-0.25, -0.2) is 0 Å². The number of benzene rings is 1. The first-order chi connectivity index (χ1) is 8.42. The van der Waals surface area contributed by atoms with E-state index >= 15 is 0 Å². The van der Waals surface area contributed by atoms with Gasteiger partial charge >= 0.3 is 0 Å². The summed E-state index contributed by atoms with van der Waals surface area (Å²) in [6.07, 6.45) is 2.88. The van der Waals surface area contributed by atoms with Gasteiger partial charge in [-0.05, 0) is 56.1 Å². The number of hydrogen-bond acceptors (Lipinski definition) is 2. The molecule has 1 aromatic rings. The Labute approximate surface area is 115 Å². The van der Waals surface area contributed by atoms with Crippen molar-refractivity contribution in [2.75, 3.05) is 5.75 Å². The van der Waals surface area contributed by atoms with E-state index in [0.717, 1.165) is 19.3 Å². The molecule has 2 heteroatoms. The van der Waals surface area contributed by atoms with Crippen LogP contribution in [0.25, 0.3) is 0 Å². The highest BCUT2D eigenvalue weighted by Crippen LogP contribution is 2.37. The van der Waals surface area contributed by atoms with Gasteiger partial charge in [-0.3, -0.25) is 0 Å². The molecule has 1 fully saturated rings. The molecule has 0 bridgehead atoms. The molecular formula is C16H24OS. The number of thioether (sulfide) groups is 1. The van der Waals surface area contributed by atoms with Gasteiger partial charge in [-0.15, -0.1) is 0 Å². The number of rotatable bonds is 2. The van der Waals surface area contributed by atoms with Crippen molar-refractivity contribution in [1.29, 1.82) is 0 Å². The minimum absolute atomic E-state index is 0.339. The summed E-state index contributed by atoms with van der Waals surface area (Å²) in [5.74, 6) is 1.19. The second kappa shape index (κ2) is 5.26. The van der Waals surface area contributed by atoms with Crippen molar-refractivity contribution in [3.8, 4) is 0 Å². The Morgan fingerprint density at radius 3 is 2.44 bits per heavy atom. The highest BCUT2D eigenvalue weighted by molar-refractivity contribution is 8.00. The maximum atomic E-state index is 10.9. The van der Waals surface area contributed by atoms with Crippen LogP contribution in [0, 0.1) is 20.8 Å². The third kappa shape index (κ3) is 2.75. The first-order valence-electron chi connectivity index (χ1n) is 6.83. The van der Waals surface area contributed by atoms with Crippen LogP contribution in [0.4, 0.5) is 0 Å². The maximum absolute atomic E-state index is 10.9. The molecule has 0 radical (unpaired) electrons. The largest absolute Gasteiger partial charge is 0.388 e. The van der Waals surface area contributed by atoms with Crippen LogP contribution in [0.15, 0.2) is 12.1 Å². The molecule has 1 saturated heterocycles. The summed E-state index contributed by atoms with van der Waals surface area (Å²) in [6.45, 7) is 8.64. The lowest BCUT2D eigenvalue weighted by Gasteiger charge is -2.38. The molecule has 0 saturated carbocycles. The zero-order valence-electron chi connectivity index (χ0n) is 11.9. The standard InChI is InChI=1S/C16H24OS/c1-11-8-12(2)15(13(3)9-11)10-16(17)6-5-7-18-14(16)4/h8-9,14,17H,5-7,10H2,1-4H3. The lowest BCUT2D eigenvalue weighted by atomic mass is 9.83. The number of aliphatic hydroxyl groups is 1. The van der Waals surface area contributed by atoms with Gasteiger partial charge in [-0.2, -0.15) is 11.8 Å². The maximum Gasteiger partial charge on any atom is 0.0803 e. The zero-order valence-corrected chi connectivity index (χ0v) is 12.7. The Hall–Kier alpha value is -0.470. The average Bonchev–Trinajstić information content (AvgIpc) is 2.28. The third-order valence-corrected chi connectivity index (χ3v) is 5.66. The van der Waals surface area contributed by atoms with Gasteiger partial charge in [-0.1, -0.05) is 24.6 Å². The minimum Gasteiger partial charge on any atom is -0.388 e. The molecule has 0 aromatic heterocycles. The van der Waals surface area contributed by atoms with E-state index in [-0.39, 0.29) is 0 Å². The van der Waals surface area contributed by atoms with Gasteiger partial charge < -0.3 is 5.11 Å². The summed E-state index contributed by atoms with van der Waals surface area (Å²) in [5.41, 5.74) is 4.78. The van der Waals surface area contributed by atoms with Crippen LogP contribution in [0.5, 0.6) is 0 Å². The summed E-state index contributed by atoms with van der Waals surface area (Å²) < 4.78 is 0. The van der Waals surface area contributed by atoms with E-state index in [1.165, 1.54) is 28.0 Å². The Morgan fingerprint density at radius 2 is 1.89 bits per heavy atom. The molecule has 0 aliphatic carbocycles. The summed E-state index contributed by atoms with van der Waals surface area (Å²) in [6, 6.07) is 4.46. The van der Waals surface area contributed by atoms with Gasteiger partial charge in [0, 0.05) is 11.7 Å². The summed E-state index contributed by atoms with van der Waals surface area (Å²) in [5, 5.41) is 11.2. The Morgan fingerprint density at radius 1 is 1.28 bits per heavy atom. The van der Waals surface area contributed by atoms with Crippen molar-refractivity contribution in [2.24, 2.45) is 0 Å². The normalized spacial score (nSPS) is 28.4. The van der Waals surface area contributed by atoms with E-state index in [9.17, 15) is 5.11 Å². The van der Waals surface area contributed by atoms with Crippen molar-refractivity contribution in [3.05, 3.63) is 34.4 Å². The van der Waals surface area contributed by atoms with Crippen LogP contribution < -0.4 is 0 Å². The fraction of sp³-hybridized carbons (Fsp3) is 0.625. The molecule has 0 spiro atoms. The number of hydrogen-bond donors (Lipinski definition) is 1. The smallest absolute Gasteiger partial charge is 0.0803 e. The zero-order chi connectivity index (χ0) is 13.3. The fourth-order valence-corrected chi connectivity index (χ4v) is 4.20. The highest BCUT2D eigenvalue weighted by atomic mass is 32.2. The molecule has 2 unspecified atom stereocenters. The summed E-state index contributed by atoms with van der Waals surface area (Å²) in [4.78, 5) is 0. The molecule has 1 nitrogen and oxygen atoms in total. The first-order valence-corrected chi connectivity index (χ1v) is 7.88. The minimum atomic E-state index is -0.520. The predicted molar refractivity (Wildman–Crippen MR) is 80.5 cm³/mol. The molecular weight excluding hydrogens is 240 g/mol. The summed E-state index contributed by atoms with van der Waals surface area (Å²) in [7, 11) is 0. The molecule has 2 atom stereocenters. The molecule has 1 aliphatic rings. The molecule has 1 aromatic carbocycles. The van der Waals surface area contributed by atoms with Gasteiger partial charge in [0.15, 0.2) is 0 Å². The van der Waals surface area contributed by atoms with Crippen LogP contribution >= 0.6 is 11.8 Å². The van der Waals surface area contributed by atoms with E-state index in [1.54, 1.807) is 0 Å². The molecule has 100 valence electrons. The van der Waals surface area contributed by atoms with E-state index in [2.05, 4.69) is 39.8 Å². The van der Waals surface area contributed by atoms with Crippen LogP contribution in [0.1, 0.15) is 42.0 Å². The van der Waals surface area contributed by atoms with Gasteiger partial charge in [0.2, 0.25) is 0 Å². The van der Waals surface area contributed by atoms with Crippen LogP contribution in [-0.4, -0.2) is 21.7 Å². The SMILES string of the molecule is Cc1cc(C)c(CC2(O)CCCSC2C)c(C)c1. The van der Waals surface area contributed by atoms with Crippen molar-refractivity contribution >= 4 is 11.8 Å². The average molecular weight is 264 g/mol. The first kappa shape index (κ1) is 14.0. The lowest BCUT2D eigenvalue weighted by Crippen LogP contribution is -2.44. The monoisotopic (exact) mass is 264 g/mol. The third-order valence-electron chi connectivity index (χ3n) is 4.20. The van der Waals surface area contributed by atoms with Crippen molar-refractivity contribution in [3.63, 3.8) is 0 Å². The Balaban J connectivity index is 2.28. The molecule has 0 amide bonds. The molecule has 1 aliphatic heterocycles. The van der Waals surface area contributed by atoms with E-state index in [0.29, 0.717) is 5.25 Å².